The van der Waals surface area contributed by atoms with Crippen LogP contribution in [-0.2, 0) is 26.5 Å². The first-order chi connectivity index (χ1) is 24.0. The molecule has 0 N–H and O–H groups in total. The molecule has 0 bridgehead atoms. The zero-order valence-electron chi connectivity index (χ0n) is 31.6. The first-order valence-corrected chi connectivity index (χ1v) is 22.2. The van der Waals surface area contributed by atoms with Gasteiger partial charge in [0.15, 0.2) is 0 Å². The van der Waals surface area contributed by atoms with Gasteiger partial charge in [-0.15, -0.1) is 54.1 Å². The minimum Gasteiger partial charge on any atom is -0.486 e. The van der Waals surface area contributed by atoms with Gasteiger partial charge in [0.25, 0.3) is 0 Å². The van der Waals surface area contributed by atoms with Crippen molar-refractivity contribution in [1.82, 2.24) is 15.0 Å². The third-order valence-electron chi connectivity index (χ3n) is 10.5. The largest absolute Gasteiger partial charge is 0.486 e. The Morgan fingerprint density at radius 3 is 2.29 bits per heavy atom. The van der Waals surface area contributed by atoms with Gasteiger partial charge in [-0.3, -0.25) is 0 Å². The van der Waals surface area contributed by atoms with Crippen LogP contribution in [0.2, 0.25) is 19.6 Å². The summed E-state index contributed by atoms with van der Waals surface area (Å²) in [7, 11) is -1.36. The van der Waals surface area contributed by atoms with Crippen molar-refractivity contribution >= 4 is 35.3 Å². The smallest absolute Gasteiger partial charge is 0.216 e. The molecule has 6 aromatic rings. The van der Waals surface area contributed by atoms with E-state index in [1.165, 1.54) is 44.1 Å². The molecule has 1 radical (unpaired) electrons. The third kappa shape index (κ3) is 9.14. The molecule has 1 saturated carbocycles. The van der Waals surface area contributed by atoms with E-state index < -0.39 is 8.07 Å². The van der Waals surface area contributed by atoms with E-state index in [0.717, 1.165) is 50.5 Å². The predicted octanol–water partition coefficient (Wildman–Crippen LogP) is 11.9. The van der Waals surface area contributed by atoms with Crippen molar-refractivity contribution in [2.45, 2.75) is 105 Å². The van der Waals surface area contributed by atoms with E-state index >= 15 is 0 Å². The standard InChI is InChI=1S/C24H25N2O.C21H28NSi.Ir/c1-14(2)16(5)17-11-12-25-22(13-17)20-8-6-7-18-19-9-10-21(15(3)4)26-24(19)27-23(18)20;1-23(2,3)21-16-22-20(18-12-8-5-9-13-18)15-19(21)14-17-10-6-4-7-11-17;/h6-7,9-16H,1-5H3;5,8-9,12,15-17H,4,6-7,10-11,14H2,1-3H3;/q2*-1;. The van der Waals surface area contributed by atoms with Crippen LogP contribution in [0, 0.1) is 24.0 Å². The van der Waals surface area contributed by atoms with Gasteiger partial charge in [-0.05, 0) is 64.9 Å². The Hall–Kier alpha value is -3.44. The fraction of sp³-hybridized carbons (Fsp3) is 0.400. The summed E-state index contributed by atoms with van der Waals surface area (Å²) in [6, 6.07) is 29.6. The minimum atomic E-state index is -1.36. The van der Waals surface area contributed by atoms with Crippen LogP contribution in [0.4, 0.5) is 0 Å². The molecule has 1 aliphatic carbocycles. The summed E-state index contributed by atoms with van der Waals surface area (Å²) in [4.78, 5) is 14.1. The van der Waals surface area contributed by atoms with Gasteiger partial charge in [-0.25, -0.2) is 4.98 Å². The van der Waals surface area contributed by atoms with Crippen molar-refractivity contribution in [2.75, 3.05) is 0 Å². The van der Waals surface area contributed by atoms with E-state index in [4.69, 9.17) is 14.4 Å². The van der Waals surface area contributed by atoms with Crippen molar-refractivity contribution < 1.29 is 24.5 Å². The van der Waals surface area contributed by atoms with E-state index in [9.17, 15) is 0 Å². The summed E-state index contributed by atoms with van der Waals surface area (Å²) < 4.78 is 6.19. The average molecular weight is 872 g/mol. The Labute approximate surface area is 320 Å². The van der Waals surface area contributed by atoms with Gasteiger partial charge >= 0.3 is 0 Å². The topological polar surface area (TPSA) is 51.8 Å². The first kappa shape index (κ1) is 38.8. The van der Waals surface area contributed by atoms with Gasteiger partial charge in [0.2, 0.25) is 5.71 Å². The Balaban J connectivity index is 0.000000196. The number of nitrogens with zero attached hydrogens (tertiary/aromatic N) is 3. The number of rotatable bonds is 8. The second-order valence-electron chi connectivity index (χ2n) is 15.9. The van der Waals surface area contributed by atoms with Crippen LogP contribution in [0.1, 0.15) is 95.4 Å². The van der Waals surface area contributed by atoms with Gasteiger partial charge < -0.3 is 14.4 Å². The SMILES string of the molecule is CC(C)c1ccc2c(n1)oc1c(-c3cc(C(C)C(C)C)ccn3)[c-]ccc12.C[Si](C)(C)c1cnc(-c2[c-]cccc2)cc1CC1CCCCC1.[Ir]. The number of aromatic nitrogens is 3. The molecule has 1 fully saturated rings. The molecule has 269 valence electrons. The fourth-order valence-corrected chi connectivity index (χ4v) is 8.73. The van der Waals surface area contributed by atoms with Gasteiger partial charge in [0, 0.05) is 43.6 Å². The van der Waals surface area contributed by atoms with E-state index in [2.05, 4.69) is 120 Å². The van der Waals surface area contributed by atoms with Crippen LogP contribution in [0.5, 0.6) is 0 Å². The molecule has 2 aromatic carbocycles. The number of furan rings is 1. The van der Waals surface area contributed by atoms with E-state index in [1.807, 2.05) is 30.5 Å². The maximum absolute atomic E-state index is 6.19. The summed E-state index contributed by atoms with van der Waals surface area (Å²) in [6.07, 6.45) is 12.4. The molecule has 0 spiro atoms. The zero-order valence-corrected chi connectivity index (χ0v) is 35.0. The van der Waals surface area contributed by atoms with Crippen molar-refractivity contribution in [3.63, 3.8) is 0 Å². The molecule has 1 unspecified atom stereocenters. The van der Waals surface area contributed by atoms with E-state index in [0.29, 0.717) is 23.5 Å². The molecule has 7 rings (SSSR count). The second kappa shape index (κ2) is 16.9. The van der Waals surface area contributed by atoms with E-state index in [-0.39, 0.29) is 20.1 Å². The van der Waals surface area contributed by atoms with Gasteiger partial charge in [0.05, 0.1) is 13.7 Å². The van der Waals surface area contributed by atoms with Gasteiger partial charge in [-0.1, -0.05) is 121 Å². The Kier molecular flexibility index (Phi) is 12.9. The summed E-state index contributed by atoms with van der Waals surface area (Å²) >= 11 is 0. The Bertz CT molecular complexity index is 2040. The maximum Gasteiger partial charge on any atom is 0.216 e. The quantitative estimate of drug-likeness (QED) is 0.113. The summed E-state index contributed by atoms with van der Waals surface area (Å²) in [6.45, 7) is 18.3. The van der Waals surface area contributed by atoms with Crippen LogP contribution >= 0.6 is 0 Å². The minimum absolute atomic E-state index is 0. The number of benzene rings is 2. The monoisotopic (exact) mass is 872 g/mol. The van der Waals surface area contributed by atoms with Crippen LogP contribution < -0.4 is 5.19 Å². The molecule has 1 aliphatic rings. The molecule has 51 heavy (non-hydrogen) atoms. The molecule has 6 heteroatoms. The van der Waals surface area contributed by atoms with Crippen molar-refractivity contribution in [2.24, 2.45) is 11.8 Å². The normalized spacial score (nSPS) is 14.4. The van der Waals surface area contributed by atoms with Crippen LogP contribution in [-0.4, -0.2) is 23.0 Å². The van der Waals surface area contributed by atoms with Gasteiger partial charge in [0.1, 0.15) is 0 Å². The fourth-order valence-electron chi connectivity index (χ4n) is 7.14. The van der Waals surface area contributed by atoms with Crippen molar-refractivity contribution in [3.05, 3.63) is 108 Å². The average Bonchev–Trinajstić information content (AvgIpc) is 3.50. The molecule has 0 aliphatic heterocycles. The maximum atomic E-state index is 6.19. The predicted molar refractivity (Wildman–Crippen MR) is 213 cm³/mol. The molecule has 4 nitrogen and oxygen atoms in total. The molecule has 1 atom stereocenters. The van der Waals surface area contributed by atoms with Gasteiger partial charge in [-0.2, -0.15) is 0 Å². The molecule has 4 heterocycles. The summed E-state index contributed by atoms with van der Waals surface area (Å²) in [5, 5.41) is 3.64. The van der Waals surface area contributed by atoms with Crippen LogP contribution in [0.25, 0.3) is 44.6 Å². The zero-order chi connectivity index (χ0) is 35.4. The first-order valence-electron chi connectivity index (χ1n) is 18.7. The molecule has 0 amide bonds. The molecule has 0 saturated heterocycles. The molecular weight excluding hydrogens is 819 g/mol. The number of hydrogen-bond donors (Lipinski definition) is 0. The number of fused-ring (bicyclic) bond motifs is 3. The Morgan fingerprint density at radius 1 is 0.824 bits per heavy atom. The van der Waals surface area contributed by atoms with Crippen molar-refractivity contribution in [3.8, 4) is 22.5 Å². The number of hydrogen-bond acceptors (Lipinski definition) is 4. The number of pyridine rings is 3. The third-order valence-corrected chi connectivity index (χ3v) is 12.6. The van der Waals surface area contributed by atoms with Crippen LogP contribution in [0.3, 0.4) is 0 Å². The Morgan fingerprint density at radius 2 is 1.61 bits per heavy atom. The van der Waals surface area contributed by atoms with Crippen LogP contribution in [0.15, 0.2) is 83.5 Å². The van der Waals surface area contributed by atoms with Crippen molar-refractivity contribution in [1.29, 1.82) is 0 Å². The molecule has 4 aromatic heterocycles. The summed E-state index contributed by atoms with van der Waals surface area (Å²) in [5.74, 6) is 2.28. The van der Waals surface area contributed by atoms with E-state index in [1.54, 1.807) is 10.8 Å². The molecular formula is C45H53IrN3OSi-2. The second-order valence-corrected chi connectivity index (χ2v) is 20.9. The summed E-state index contributed by atoms with van der Waals surface area (Å²) in [5.41, 5.74) is 9.36.